The van der Waals surface area contributed by atoms with Crippen LogP contribution in [0.5, 0.6) is 0 Å². The van der Waals surface area contributed by atoms with E-state index in [4.69, 9.17) is 0 Å². The van der Waals surface area contributed by atoms with Crippen LogP contribution in [-0.4, -0.2) is 30.2 Å². The van der Waals surface area contributed by atoms with E-state index >= 15 is 0 Å². The van der Waals surface area contributed by atoms with E-state index in [2.05, 4.69) is 75.0 Å². The summed E-state index contributed by atoms with van der Waals surface area (Å²) in [5.74, 6) is 1.31. The minimum atomic E-state index is -0.0289. The number of benzene rings is 2. The third-order valence-electron chi connectivity index (χ3n) is 6.97. The Labute approximate surface area is 205 Å². The lowest BCUT2D eigenvalue weighted by Gasteiger charge is -2.21. The van der Waals surface area contributed by atoms with E-state index < -0.39 is 0 Å². The molecule has 1 aliphatic carbocycles. The second-order valence-electron chi connectivity index (χ2n) is 9.39. The monoisotopic (exact) mass is 468 g/mol. The van der Waals surface area contributed by atoms with Gasteiger partial charge < -0.3 is 4.98 Å². The smallest absolute Gasteiger partial charge is 0.309 e. The van der Waals surface area contributed by atoms with Gasteiger partial charge in [-0.05, 0) is 52.0 Å². The number of allylic oxidation sites excluding steroid dienone is 1. The number of H-pyrrole nitrogens is 2. The maximum atomic E-state index is 13.0. The van der Waals surface area contributed by atoms with Crippen LogP contribution in [0.25, 0.3) is 28.6 Å². The molecule has 2 aromatic heterocycles. The van der Waals surface area contributed by atoms with Crippen molar-refractivity contribution in [2.24, 2.45) is 5.92 Å². The highest BCUT2D eigenvalue weighted by Gasteiger charge is 2.19. The SMILES string of the molecule is CCC=Cc1c(CC2CCCCC2)[nH]c(=O)n1Cc1ccc(-c2ccccc2-c2nnn[nH]2)cc1. The van der Waals surface area contributed by atoms with Crippen molar-refractivity contribution in [3.05, 3.63) is 82.0 Å². The van der Waals surface area contributed by atoms with Gasteiger partial charge in [0, 0.05) is 11.3 Å². The van der Waals surface area contributed by atoms with Gasteiger partial charge in [0.2, 0.25) is 0 Å². The number of nitrogens with zero attached hydrogens (tertiary/aromatic N) is 4. The normalized spacial score (nSPS) is 14.7. The summed E-state index contributed by atoms with van der Waals surface area (Å²) in [5, 5.41) is 14.3. The second-order valence-corrected chi connectivity index (χ2v) is 9.39. The number of nitrogens with one attached hydrogen (secondary N) is 2. The van der Waals surface area contributed by atoms with Crippen molar-refractivity contribution in [3.8, 4) is 22.5 Å². The predicted octanol–water partition coefficient (Wildman–Crippen LogP) is 5.62. The van der Waals surface area contributed by atoms with E-state index in [0.717, 1.165) is 46.5 Å². The zero-order chi connectivity index (χ0) is 24.0. The van der Waals surface area contributed by atoms with Crippen LogP contribution in [0.4, 0.5) is 0 Å². The lowest BCUT2D eigenvalue weighted by Crippen LogP contribution is -2.18. The van der Waals surface area contributed by atoms with Crippen LogP contribution < -0.4 is 5.69 Å². The molecule has 7 nitrogen and oxygen atoms in total. The molecular formula is C28H32N6O. The lowest BCUT2D eigenvalue weighted by atomic mass is 9.86. The maximum Gasteiger partial charge on any atom is 0.326 e. The van der Waals surface area contributed by atoms with Gasteiger partial charge in [-0.25, -0.2) is 9.89 Å². The molecule has 4 aromatic rings. The van der Waals surface area contributed by atoms with Gasteiger partial charge >= 0.3 is 5.69 Å². The maximum absolute atomic E-state index is 13.0. The number of aromatic amines is 2. The minimum Gasteiger partial charge on any atom is -0.309 e. The van der Waals surface area contributed by atoms with Gasteiger partial charge in [0.1, 0.15) is 0 Å². The molecule has 0 saturated heterocycles. The first kappa shape index (κ1) is 23.0. The van der Waals surface area contributed by atoms with E-state index in [0.29, 0.717) is 18.3 Å². The average molecular weight is 469 g/mol. The highest BCUT2D eigenvalue weighted by Crippen LogP contribution is 2.30. The fourth-order valence-corrected chi connectivity index (χ4v) is 5.13. The lowest BCUT2D eigenvalue weighted by molar-refractivity contribution is 0.354. The predicted molar refractivity (Wildman–Crippen MR) is 139 cm³/mol. The highest BCUT2D eigenvalue weighted by molar-refractivity contribution is 5.80. The third-order valence-corrected chi connectivity index (χ3v) is 6.97. The molecule has 1 fully saturated rings. The van der Waals surface area contributed by atoms with Crippen molar-refractivity contribution in [2.75, 3.05) is 0 Å². The zero-order valence-electron chi connectivity index (χ0n) is 20.2. The summed E-state index contributed by atoms with van der Waals surface area (Å²) in [5.41, 5.74) is 6.24. The van der Waals surface area contributed by atoms with Crippen LogP contribution in [0.1, 0.15) is 62.4 Å². The number of rotatable bonds is 8. The van der Waals surface area contributed by atoms with E-state index in [1.165, 1.54) is 32.1 Å². The molecule has 0 amide bonds. The van der Waals surface area contributed by atoms with Gasteiger partial charge in [-0.2, -0.15) is 0 Å². The fourth-order valence-electron chi connectivity index (χ4n) is 5.13. The Hall–Kier alpha value is -3.74. The number of imidazole rings is 1. The van der Waals surface area contributed by atoms with Crippen LogP contribution >= 0.6 is 0 Å². The highest BCUT2D eigenvalue weighted by atomic mass is 16.1. The molecule has 7 heteroatoms. The van der Waals surface area contributed by atoms with Gasteiger partial charge in [-0.3, -0.25) is 4.57 Å². The Morgan fingerprint density at radius 1 is 1.03 bits per heavy atom. The Balaban J connectivity index is 1.41. The summed E-state index contributed by atoms with van der Waals surface area (Å²) < 4.78 is 1.88. The number of tetrazole rings is 1. The molecule has 0 radical (unpaired) electrons. The van der Waals surface area contributed by atoms with Crippen LogP contribution in [0.2, 0.25) is 0 Å². The summed E-state index contributed by atoms with van der Waals surface area (Å²) >= 11 is 0. The summed E-state index contributed by atoms with van der Waals surface area (Å²) in [4.78, 5) is 16.2. The van der Waals surface area contributed by atoms with Gasteiger partial charge in [0.05, 0.1) is 12.2 Å². The second kappa shape index (κ2) is 10.7. The van der Waals surface area contributed by atoms with Crippen molar-refractivity contribution in [1.29, 1.82) is 0 Å². The van der Waals surface area contributed by atoms with Crippen LogP contribution in [0, 0.1) is 5.92 Å². The molecule has 1 saturated carbocycles. The standard InChI is InChI=1S/C28H32N6O/c1-2-3-13-26-25(18-20-9-5-4-6-10-20)29-28(35)34(26)19-21-14-16-22(17-15-21)23-11-7-8-12-24(23)27-30-32-33-31-27/h3,7-8,11-17,20H,2,4-6,9-10,18-19H2,1H3,(H,29,35)(H,30,31,32,33). The van der Waals surface area contributed by atoms with Gasteiger partial charge in [-0.1, -0.05) is 93.6 Å². The first-order valence-electron chi connectivity index (χ1n) is 12.6. The van der Waals surface area contributed by atoms with E-state index in [1.54, 1.807) is 0 Å². The van der Waals surface area contributed by atoms with Crippen LogP contribution in [0.15, 0.2) is 59.4 Å². The first-order chi connectivity index (χ1) is 17.2. The van der Waals surface area contributed by atoms with E-state index in [9.17, 15) is 4.79 Å². The largest absolute Gasteiger partial charge is 0.326 e. The fraction of sp³-hybridized carbons (Fsp3) is 0.357. The van der Waals surface area contributed by atoms with Gasteiger partial charge in [-0.15, -0.1) is 5.10 Å². The van der Waals surface area contributed by atoms with Crippen molar-refractivity contribution >= 4 is 6.08 Å². The van der Waals surface area contributed by atoms with Gasteiger partial charge in [0.15, 0.2) is 5.82 Å². The number of aromatic nitrogens is 6. The Morgan fingerprint density at radius 2 is 1.80 bits per heavy atom. The quantitative estimate of drug-likeness (QED) is 0.351. The molecule has 0 aliphatic heterocycles. The molecular weight excluding hydrogens is 436 g/mol. The molecule has 2 N–H and O–H groups in total. The third kappa shape index (κ3) is 5.19. The van der Waals surface area contributed by atoms with Crippen molar-refractivity contribution in [3.63, 3.8) is 0 Å². The average Bonchev–Trinajstić information content (AvgIpc) is 3.53. The molecule has 5 rings (SSSR count). The first-order valence-corrected chi connectivity index (χ1v) is 12.6. The Bertz CT molecular complexity index is 1320. The molecule has 0 atom stereocenters. The van der Waals surface area contributed by atoms with Crippen LogP contribution in [-0.2, 0) is 13.0 Å². The molecule has 0 unspecified atom stereocenters. The number of hydrogen-bond donors (Lipinski definition) is 2. The molecule has 2 aromatic carbocycles. The topological polar surface area (TPSA) is 92.2 Å². The van der Waals surface area contributed by atoms with Crippen molar-refractivity contribution < 1.29 is 0 Å². The summed E-state index contributed by atoms with van der Waals surface area (Å²) in [6, 6.07) is 16.4. The van der Waals surface area contributed by atoms with E-state index in [-0.39, 0.29) is 5.69 Å². The molecule has 0 bridgehead atoms. The molecule has 180 valence electrons. The molecule has 2 heterocycles. The van der Waals surface area contributed by atoms with Crippen molar-refractivity contribution in [2.45, 2.75) is 58.4 Å². The van der Waals surface area contributed by atoms with Gasteiger partial charge in [0.25, 0.3) is 0 Å². The van der Waals surface area contributed by atoms with Crippen molar-refractivity contribution in [1.82, 2.24) is 30.2 Å². The molecule has 35 heavy (non-hydrogen) atoms. The molecule has 0 spiro atoms. The Kier molecular flexibility index (Phi) is 7.02. The summed E-state index contributed by atoms with van der Waals surface area (Å²) in [7, 11) is 0. The molecule has 1 aliphatic rings. The minimum absolute atomic E-state index is 0.0289. The number of hydrogen-bond acceptors (Lipinski definition) is 4. The summed E-state index contributed by atoms with van der Waals surface area (Å²) in [6.45, 7) is 2.66. The summed E-state index contributed by atoms with van der Waals surface area (Å²) in [6.07, 6.45) is 12.6. The van der Waals surface area contributed by atoms with E-state index in [1.807, 2.05) is 22.8 Å². The zero-order valence-corrected chi connectivity index (χ0v) is 20.2. The van der Waals surface area contributed by atoms with Crippen LogP contribution in [0.3, 0.4) is 0 Å². The Morgan fingerprint density at radius 3 is 2.51 bits per heavy atom.